The van der Waals surface area contributed by atoms with Crippen LogP contribution in [0.25, 0.3) is 0 Å². The molecular formula is C11H16FNO2. The van der Waals surface area contributed by atoms with E-state index in [1.807, 2.05) is 6.08 Å². The van der Waals surface area contributed by atoms with Crippen molar-refractivity contribution in [3.8, 4) is 0 Å². The maximum absolute atomic E-state index is 13.2. The Balaban J connectivity index is 2.55. The first-order valence-electron chi connectivity index (χ1n) is 4.94. The largest absolute Gasteiger partial charge is 0.444 e. The van der Waals surface area contributed by atoms with E-state index >= 15 is 0 Å². The molecule has 0 spiro atoms. The number of amides is 1. The summed E-state index contributed by atoms with van der Waals surface area (Å²) >= 11 is 0. The third-order valence-corrected chi connectivity index (χ3v) is 1.74. The highest BCUT2D eigenvalue weighted by molar-refractivity contribution is 5.71. The minimum atomic E-state index is -0.626. The molecule has 3 nitrogen and oxygen atoms in total. The molecule has 15 heavy (non-hydrogen) atoms. The Morgan fingerprint density at radius 1 is 1.53 bits per heavy atom. The first-order valence-corrected chi connectivity index (χ1v) is 4.94. The van der Waals surface area contributed by atoms with Crippen molar-refractivity contribution >= 4 is 6.09 Å². The number of ether oxygens (including phenoxy) is 1. The molecule has 0 saturated carbocycles. The maximum Gasteiger partial charge on any atom is 0.412 e. The van der Waals surface area contributed by atoms with E-state index in [1.165, 1.54) is 0 Å². The molecular weight excluding hydrogens is 197 g/mol. The van der Waals surface area contributed by atoms with Crippen LogP contribution in [0.2, 0.25) is 0 Å². The fourth-order valence-corrected chi connectivity index (χ4v) is 1.16. The van der Waals surface area contributed by atoms with Gasteiger partial charge in [0.15, 0.2) is 0 Å². The lowest BCUT2D eigenvalue weighted by Gasteiger charge is -2.20. The number of halogens is 1. The van der Waals surface area contributed by atoms with E-state index in [-0.39, 0.29) is 11.5 Å². The SMILES string of the molecule is CC(C)(C)OC(=O)NC1=C(F)CCC=C1. The number of rotatable bonds is 1. The smallest absolute Gasteiger partial charge is 0.412 e. The predicted molar refractivity (Wildman–Crippen MR) is 55.9 cm³/mol. The highest BCUT2D eigenvalue weighted by Gasteiger charge is 2.18. The van der Waals surface area contributed by atoms with Gasteiger partial charge in [-0.15, -0.1) is 0 Å². The van der Waals surface area contributed by atoms with Gasteiger partial charge in [-0.1, -0.05) is 6.08 Å². The molecule has 1 N–H and O–H groups in total. The first-order chi connectivity index (χ1) is 6.88. The third-order valence-electron chi connectivity index (χ3n) is 1.74. The molecule has 0 heterocycles. The topological polar surface area (TPSA) is 38.3 Å². The van der Waals surface area contributed by atoms with Gasteiger partial charge in [-0.3, -0.25) is 5.32 Å². The van der Waals surface area contributed by atoms with Crippen LogP contribution in [0.15, 0.2) is 23.7 Å². The number of nitrogens with one attached hydrogen (secondary N) is 1. The van der Waals surface area contributed by atoms with E-state index in [1.54, 1.807) is 26.8 Å². The molecule has 0 bridgehead atoms. The summed E-state index contributed by atoms with van der Waals surface area (Å²) in [5.74, 6) is -0.302. The quantitative estimate of drug-likeness (QED) is 0.727. The molecule has 0 saturated heterocycles. The van der Waals surface area contributed by atoms with E-state index in [9.17, 15) is 9.18 Å². The fraction of sp³-hybridized carbons (Fsp3) is 0.545. The molecule has 1 rings (SSSR count). The molecule has 1 amide bonds. The predicted octanol–water partition coefficient (Wildman–Crippen LogP) is 3.04. The van der Waals surface area contributed by atoms with Gasteiger partial charge in [0, 0.05) is 6.42 Å². The molecule has 4 heteroatoms. The molecule has 0 aromatic heterocycles. The second kappa shape index (κ2) is 4.47. The second-order valence-corrected chi connectivity index (χ2v) is 4.39. The minimum absolute atomic E-state index is 0.204. The average molecular weight is 213 g/mol. The van der Waals surface area contributed by atoms with Crippen LogP contribution in [0, 0.1) is 0 Å². The zero-order valence-corrected chi connectivity index (χ0v) is 9.26. The Morgan fingerprint density at radius 2 is 2.20 bits per heavy atom. The van der Waals surface area contributed by atoms with Crippen molar-refractivity contribution < 1.29 is 13.9 Å². The molecule has 1 aliphatic rings. The summed E-state index contributed by atoms with van der Waals surface area (Å²) in [7, 11) is 0. The molecule has 0 aliphatic heterocycles. The highest BCUT2D eigenvalue weighted by Crippen LogP contribution is 2.18. The minimum Gasteiger partial charge on any atom is -0.444 e. The lowest BCUT2D eigenvalue weighted by molar-refractivity contribution is 0.0546. The summed E-state index contributed by atoms with van der Waals surface area (Å²) in [6.45, 7) is 5.27. The average Bonchev–Trinajstić information content (AvgIpc) is 2.05. The number of carbonyl (C=O) groups is 1. The Kier molecular flexibility index (Phi) is 3.50. The van der Waals surface area contributed by atoms with Crippen LogP contribution >= 0.6 is 0 Å². The van der Waals surface area contributed by atoms with Crippen LogP contribution in [0.5, 0.6) is 0 Å². The van der Waals surface area contributed by atoms with Gasteiger partial charge in [-0.05, 0) is 33.3 Å². The Labute approximate surface area is 89.0 Å². The zero-order chi connectivity index (χ0) is 11.5. The van der Waals surface area contributed by atoms with Gasteiger partial charge in [-0.2, -0.15) is 0 Å². The van der Waals surface area contributed by atoms with Crippen LogP contribution in [0.1, 0.15) is 33.6 Å². The van der Waals surface area contributed by atoms with Gasteiger partial charge in [-0.25, -0.2) is 9.18 Å². The van der Waals surface area contributed by atoms with Crippen LogP contribution in [0.4, 0.5) is 9.18 Å². The van der Waals surface area contributed by atoms with Crippen LogP contribution in [0.3, 0.4) is 0 Å². The lowest BCUT2D eigenvalue weighted by atomic mass is 10.1. The van der Waals surface area contributed by atoms with E-state index in [0.717, 1.165) is 0 Å². The van der Waals surface area contributed by atoms with Crippen LogP contribution in [-0.4, -0.2) is 11.7 Å². The van der Waals surface area contributed by atoms with E-state index < -0.39 is 11.7 Å². The standard InChI is InChI=1S/C11H16FNO2/c1-11(2,3)15-10(14)13-9-7-5-4-6-8(9)12/h5,7H,4,6H2,1-3H3,(H,13,14). The molecule has 0 fully saturated rings. The monoisotopic (exact) mass is 213 g/mol. The van der Waals surface area contributed by atoms with Crippen molar-refractivity contribution in [2.24, 2.45) is 0 Å². The highest BCUT2D eigenvalue weighted by atomic mass is 19.1. The number of carbonyl (C=O) groups excluding carboxylic acids is 1. The Morgan fingerprint density at radius 3 is 2.73 bits per heavy atom. The van der Waals surface area contributed by atoms with Gasteiger partial charge in [0.25, 0.3) is 0 Å². The van der Waals surface area contributed by atoms with Crippen LogP contribution in [-0.2, 0) is 4.74 Å². The number of allylic oxidation sites excluding steroid dienone is 3. The Hall–Kier alpha value is -1.32. The number of hydrogen-bond donors (Lipinski definition) is 1. The van der Waals surface area contributed by atoms with Crippen molar-refractivity contribution in [1.29, 1.82) is 0 Å². The molecule has 84 valence electrons. The lowest BCUT2D eigenvalue weighted by Crippen LogP contribution is -2.32. The zero-order valence-electron chi connectivity index (χ0n) is 9.26. The summed E-state index contributed by atoms with van der Waals surface area (Å²) in [6, 6.07) is 0. The molecule has 1 aliphatic carbocycles. The van der Waals surface area contributed by atoms with Gasteiger partial charge in [0.2, 0.25) is 0 Å². The van der Waals surface area contributed by atoms with Crippen molar-refractivity contribution in [2.75, 3.05) is 0 Å². The van der Waals surface area contributed by atoms with Crippen LogP contribution < -0.4 is 5.32 Å². The fourth-order valence-electron chi connectivity index (χ4n) is 1.16. The molecule has 0 atom stereocenters. The van der Waals surface area contributed by atoms with Gasteiger partial charge in [0.1, 0.15) is 11.4 Å². The molecule has 0 aromatic carbocycles. The molecule has 0 aromatic rings. The van der Waals surface area contributed by atoms with Crippen molar-refractivity contribution in [2.45, 2.75) is 39.2 Å². The van der Waals surface area contributed by atoms with Gasteiger partial charge >= 0.3 is 6.09 Å². The van der Waals surface area contributed by atoms with Crippen molar-refractivity contribution in [3.63, 3.8) is 0 Å². The van der Waals surface area contributed by atoms with Crippen molar-refractivity contribution in [3.05, 3.63) is 23.7 Å². The van der Waals surface area contributed by atoms with Gasteiger partial charge in [0.05, 0.1) is 5.70 Å². The second-order valence-electron chi connectivity index (χ2n) is 4.39. The molecule has 0 radical (unpaired) electrons. The summed E-state index contributed by atoms with van der Waals surface area (Å²) in [5, 5.41) is 2.38. The Bertz CT molecular complexity index is 313. The van der Waals surface area contributed by atoms with E-state index in [2.05, 4.69) is 5.32 Å². The summed E-state index contributed by atoms with van der Waals surface area (Å²) in [6.07, 6.45) is 3.75. The number of hydrogen-bond acceptors (Lipinski definition) is 2. The van der Waals surface area contributed by atoms with Gasteiger partial charge < -0.3 is 4.74 Å². The summed E-state index contributed by atoms with van der Waals surface area (Å²) in [4.78, 5) is 11.3. The summed E-state index contributed by atoms with van der Waals surface area (Å²) in [5.41, 5.74) is -0.366. The maximum atomic E-state index is 13.2. The normalized spacial score (nSPS) is 16.5. The van der Waals surface area contributed by atoms with E-state index in [0.29, 0.717) is 12.8 Å². The van der Waals surface area contributed by atoms with Crippen molar-refractivity contribution in [1.82, 2.24) is 5.32 Å². The molecule has 0 unspecified atom stereocenters. The first kappa shape index (κ1) is 11.8. The summed E-state index contributed by atoms with van der Waals surface area (Å²) < 4.78 is 18.2. The third kappa shape index (κ3) is 4.14. The number of alkyl carbamates (subject to hydrolysis) is 1. The van der Waals surface area contributed by atoms with E-state index in [4.69, 9.17) is 4.74 Å².